The van der Waals surface area contributed by atoms with E-state index in [9.17, 15) is 0 Å². The van der Waals surface area contributed by atoms with Gasteiger partial charge in [0.15, 0.2) is 5.96 Å². The molecule has 1 aliphatic carbocycles. The number of hydrogen-bond acceptors (Lipinski definition) is 4. The van der Waals surface area contributed by atoms with Crippen molar-refractivity contribution in [3.05, 3.63) is 59.2 Å². The van der Waals surface area contributed by atoms with Crippen molar-refractivity contribution in [2.24, 2.45) is 4.99 Å². The first-order chi connectivity index (χ1) is 14.7. The van der Waals surface area contributed by atoms with Crippen LogP contribution in [0.5, 0.6) is 11.5 Å². The van der Waals surface area contributed by atoms with Crippen LogP contribution in [0.1, 0.15) is 36.0 Å². The van der Waals surface area contributed by atoms with Gasteiger partial charge in [-0.25, -0.2) is 0 Å². The normalized spacial score (nSPS) is 13.7. The predicted octanol–water partition coefficient (Wildman–Crippen LogP) is 4.43. The smallest absolute Gasteiger partial charge is 0.191 e. The van der Waals surface area contributed by atoms with E-state index in [-0.39, 0.29) is 24.0 Å². The summed E-state index contributed by atoms with van der Waals surface area (Å²) in [6.45, 7) is 4.41. The maximum absolute atomic E-state index is 6.12. The number of para-hydroxylation sites is 1. The summed E-state index contributed by atoms with van der Waals surface area (Å²) < 4.78 is 17.1. The van der Waals surface area contributed by atoms with Crippen molar-refractivity contribution in [3.63, 3.8) is 0 Å². The minimum atomic E-state index is 0. The number of nitrogens with zero attached hydrogens (tertiary/aromatic N) is 1. The third-order valence-electron chi connectivity index (χ3n) is 5.20. The van der Waals surface area contributed by atoms with Gasteiger partial charge in [0, 0.05) is 38.4 Å². The van der Waals surface area contributed by atoms with Crippen molar-refractivity contribution in [1.82, 2.24) is 10.6 Å². The molecule has 170 valence electrons. The summed E-state index contributed by atoms with van der Waals surface area (Å²) in [6, 6.07) is 14.4. The number of methoxy groups -OCH3 is 1. The Morgan fingerprint density at radius 1 is 1.00 bits per heavy atom. The summed E-state index contributed by atoms with van der Waals surface area (Å²) in [5.74, 6) is 2.56. The highest BCUT2D eigenvalue weighted by atomic mass is 127. The first-order valence-corrected chi connectivity index (χ1v) is 10.6. The zero-order valence-corrected chi connectivity index (χ0v) is 21.0. The maximum Gasteiger partial charge on any atom is 0.191 e. The number of aliphatic imine (C=N–C) groups is 1. The zero-order chi connectivity index (χ0) is 21.2. The standard InChI is InChI=1S/C24H33N3O3.HI/c1-18-11-12-20(23(15-18)29-14-13-28-3)17-27-24(25-2)26-16-19-7-4-5-10-22(19)30-21-8-6-9-21;/h4-5,7,10-12,15,21H,6,8-9,13-14,16-17H2,1-3H3,(H2,25,26,27);1H. The Hall–Kier alpha value is -2.00. The molecule has 0 heterocycles. The molecule has 6 nitrogen and oxygen atoms in total. The lowest BCUT2D eigenvalue weighted by Crippen LogP contribution is -2.36. The summed E-state index contributed by atoms with van der Waals surface area (Å²) in [5, 5.41) is 6.76. The molecule has 2 N–H and O–H groups in total. The lowest BCUT2D eigenvalue weighted by Gasteiger charge is -2.27. The van der Waals surface area contributed by atoms with Gasteiger partial charge in [0.1, 0.15) is 18.1 Å². The Balaban J connectivity index is 0.00000341. The van der Waals surface area contributed by atoms with E-state index in [2.05, 4.69) is 46.8 Å². The third kappa shape index (κ3) is 7.88. The van der Waals surface area contributed by atoms with Crippen LogP contribution < -0.4 is 20.1 Å². The van der Waals surface area contributed by atoms with E-state index in [1.54, 1.807) is 14.2 Å². The van der Waals surface area contributed by atoms with E-state index >= 15 is 0 Å². The van der Waals surface area contributed by atoms with Gasteiger partial charge >= 0.3 is 0 Å². The van der Waals surface area contributed by atoms with Crippen LogP contribution >= 0.6 is 24.0 Å². The van der Waals surface area contributed by atoms with Crippen molar-refractivity contribution >= 4 is 29.9 Å². The van der Waals surface area contributed by atoms with Crippen LogP contribution in [0.2, 0.25) is 0 Å². The highest BCUT2D eigenvalue weighted by Crippen LogP contribution is 2.27. The molecule has 2 aromatic rings. The lowest BCUT2D eigenvalue weighted by molar-refractivity contribution is 0.119. The van der Waals surface area contributed by atoms with Crippen LogP contribution in [0.3, 0.4) is 0 Å². The van der Waals surface area contributed by atoms with Gasteiger partial charge < -0.3 is 24.8 Å². The molecule has 0 unspecified atom stereocenters. The molecule has 0 saturated heterocycles. The molecule has 1 aliphatic rings. The van der Waals surface area contributed by atoms with Gasteiger partial charge in [-0.05, 0) is 43.9 Å². The van der Waals surface area contributed by atoms with Crippen LogP contribution in [-0.2, 0) is 17.8 Å². The fraction of sp³-hybridized carbons (Fsp3) is 0.458. The number of benzene rings is 2. The second kappa shape index (κ2) is 13.4. The quantitative estimate of drug-likeness (QED) is 0.203. The maximum atomic E-state index is 6.12. The van der Waals surface area contributed by atoms with Crippen molar-refractivity contribution in [3.8, 4) is 11.5 Å². The molecule has 1 fully saturated rings. The van der Waals surface area contributed by atoms with Gasteiger partial charge in [-0.1, -0.05) is 30.3 Å². The Labute approximate surface area is 202 Å². The van der Waals surface area contributed by atoms with Gasteiger partial charge in [-0.3, -0.25) is 4.99 Å². The first kappa shape index (κ1) is 25.3. The van der Waals surface area contributed by atoms with Gasteiger partial charge in [0.2, 0.25) is 0 Å². The van der Waals surface area contributed by atoms with Crippen LogP contribution in [0.15, 0.2) is 47.5 Å². The average molecular weight is 539 g/mol. The Kier molecular flexibility index (Phi) is 10.9. The molecule has 0 aliphatic heterocycles. The number of rotatable bonds is 10. The number of aryl methyl sites for hydroxylation is 1. The number of nitrogens with one attached hydrogen (secondary N) is 2. The SMILES string of the molecule is CN=C(NCc1ccc(C)cc1OCCOC)NCc1ccccc1OC1CCC1.I. The van der Waals surface area contributed by atoms with E-state index in [1.807, 2.05) is 18.2 Å². The van der Waals surface area contributed by atoms with Crippen LogP contribution in [0, 0.1) is 6.92 Å². The van der Waals surface area contributed by atoms with Crippen molar-refractivity contribution in [2.75, 3.05) is 27.4 Å². The lowest BCUT2D eigenvalue weighted by atomic mass is 9.96. The average Bonchev–Trinajstić information content (AvgIpc) is 2.73. The molecule has 0 bridgehead atoms. The molecule has 0 atom stereocenters. The van der Waals surface area contributed by atoms with Crippen LogP contribution in [0.4, 0.5) is 0 Å². The molecule has 0 aromatic heterocycles. The molecule has 2 aromatic carbocycles. The highest BCUT2D eigenvalue weighted by molar-refractivity contribution is 14.0. The van der Waals surface area contributed by atoms with Gasteiger partial charge in [0.05, 0.1) is 12.7 Å². The van der Waals surface area contributed by atoms with E-state index in [1.165, 1.54) is 6.42 Å². The monoisotopic (exact) mass is 539 g/mol. The minimum Gasteiger partial charge on any atom is -0.491 e. The first-order valence-electron chi connectivity index (χ1n) is 10.6. The minimum absolute atomic E-state index is 0. The van der Waals surface area contributed by atoms with Crippen molar-refractivity contribution in [2.45, 2.75) is 45.4 Å². The molecule has 0 radical (unpaired) electrons. The summed E-state index contributed by atoms with van der Waals surface area (Å²) in [4.78, 5) is 4.35. The van der Waals surface area contributed by atoms with Crippen molar-refractivity contribution in [1.29, 1.82) is 0 Å². The molecule has 0 amide bonds. The zero-order valence-electron chi connectivity index (χ0n) is 18.6. The Morgan fingerprint density at radius 3 is 2.35 bits per heavy atom. The van der Waals surface area contributed by atoms with Gasteiger partial charge in [-0.15, -0.1) is 24.0 Å². The van der Waals surface area contributed by atoms with E-state index in [0.29, 0.717) is 32.4 Å². The van der Waals surface area contributed by atoms with Gasteiger partial charge in [0.25, 0.3) is 0 Å². The Morgan fingerprint density at radius 2 is 1.71 bits per heavy atom. The number of guanidine groups is 1. The van der Waals surface area contributed by atoms with E-state index in [0.717, 1.165) is 47.0 Å². The second-order valence-electron chi connectivity index (χ2n) is 7.51. The second-order valence-corrected chi connectivity index (χ2v) is 7.51. The molecular weight excluding hydrogens is 505 g/mol. The molecule has 7 heteroatoms. The summed E-state index contributed by atoms with van der Waals surface area (Å²) >= 11 is 0. The predicted molar refractivity (Wildman–Crippen MR) is 136 cm³/mol. The number of ether oxygens (including phenoxy) is 3. The highest BCUT2D eigenvalue weighted by Gasteiger charge is 2.20. The fourth-order valence-electron chi connectivity index (χ4n) is 3.19. The molecule has 3 rings (SSSR count). The van der Waals surface area contributed by atoms with E-state index < -0.39 is 0 Å². The molecule has 0 spiro atoms. The van der Waals surface area contributed by atoms with E-state index in [4.69, 9.17) is 14.2 Å². The third-order valence-corrected chi connectivity index (χ3v) is 5.20. The Bertz CT molecular complexity index is 841. The van der Waals surface area contributed by atoms with Crippen LogP contribution in [-0.4, -0.2) is 39.4 Å². The number of halogens is 1. The molecular formula is C24H34IN3O3. The summed E-state index contributed by atoms with van der Waals surface area (Å²) in [5.41, 5.74) is 3.37. The summed E-state index contributed by atoms with van der Waals surface area (Å²) in [7, 11) is 3.45. The molecule has 1 saturated carbocycles. The summed E-state index contributed by atoms with van der Waals surface area (Å²) in [6.07, 6.45) is 3.92. The fourth-order valence-corrected chi connectivity index (χ4v) is 3.19. The largest absolute Gasteiger partial charge is 0.491 e. The van der Waals surface area contributed by atoms with Gasteiger partial charge in [-0.2, -0.15) is 0 Å². The molecule has 31 heavy (non-hydrogen) atoms. The van der Waals surface area contributed by atoms with Crippen LogP contribution in [0.25, 0.3) is 0 Å². The topological polar surface area (TPSA) is 64.1 Å². The number of hydrogen-bond donors (Lipinski definition) is 2. The van der Waals surface area contributed by atoms with Crippen molar-refractivity contribution < 1.29 is 14.2 Å².